The van der Waals surface area contributed by atoms with Crippen molar-refractivity contribution in [1.29, 1.82) is 0 Å². The highest BCUT2D eigenvalue weighted by Crippen LogP contribution is 2.43. The van der Waals surface area contributed by atoms with Crippen molar-refractivity contribution >= 4 is 15.9 Å². The Morgan fingerprint density at radius 1 is 1.28 bits per heavy atom. The van der Waals surface area contributed by atoms with Gasteiger partial charge in [0.05, 0.1) is 11.6 Å². The first-order chi connectivity index (χ1) is 8.61. The predicted molar refractivity (Wildman–Crippen MR) is 77.6 cm³/mol. The lowest BCUT2D eigenvalue weighted by molar-refractivity contribution is 0.269. The lowest BCUT2D eigenvalue weighted by Crippen LogP contribution is -2.13. The minimum Gasteiger partial charge on any atom is -0.495 e. The second-order valence-electron chi connectivity index (χ2n) is 5.13. The molecule has 1 aliphatic rings. The van der Waals surface area contributed by atoms with E-state index in [2.05, 4.69) is 22.9 Å². The summed E-state index contributed by atoms with van der Waals surface area (Å²) in [5, 5.41) is 9.46. The Hall–Kier alpha value is -0.540. The van der Waals surface area contributed by atoms with Gasteiger partial charge in [-0.1, -0.05) is 6.92 Å². The Labute approximate surface area is 117 Å². The standard InChI is InChI=1S/C15H21BrO2/c1-9(8-17)13-10(2)11-6-4-5-7-12(11)14(16)15(13)18-3/h9,17H,4-8H2,1-3H3. The average Bonchev–Trinajstić information content (AvgIpc) is 2.41. The molecule has 0 amide bonds. The Bertz CT molecular complexity index is 455. The van der Waals surface area contributed by atoms with Crippen LogP contribution in [0.3, 0.4) is 0 Å². The first kappa shape index (κ1) is 13.9. The van der Waals surface area contributed by atoms with Gasteiger partial charge in [0.2, 0.25) is 0 Å². The van der Waals surface area contributed by atoms with E-state index in [-0.39, 0.29) is 12.5 Å². The third-order valence-corrected chi connectivity index (χ3v) is 4.84. The first-order valence-electron chi connectivity index (χ1n) is 6.60. The molecule has 0 bridgehead atoms. The van der Waals surface area contributed by atoms with Gasteiger partial charge in [0.15, 0.2) is 0 Å². The molecule has 1 unspecified atom stereocenters. The zero-order chi connectivity index (χ0) is 13.3. The third-order valence-electron chi connectivity index (χ3n) is 4.00. The molecule has 1 atom stereocenters. The van der Waals surface area contributed by atoms with E-state index in [1.54, 1.807) is 7.11 Å². The number of halogens is 1. The van der Waals surface area contributed by atoms with Crippen LogP contribution in [0.4, 0.5) is 0 Å². The van der Waals surface area contributed by atoms with Gasteiger partial charge in [-0.05, 0) is 65.2 Å². The summed E-state index contributed by atoms with van der Waals surface area (Å²) in [6.45, 7) is 4.37. The van der Waals surface area contributed by atoms with E-state index in [1.165, 1.54) is 29.5 Å². The van der Waals surface area contributed by atoms with E-state index in [1.807, 2.05) is 6.92 Å². The number of aliphatic hydroxyl groups excluding tert-OH is 1. The normalized spacial score (nSPS) is 16.3. The van der Waals surface area contributed by atoms with Crippen LogP contribution < -0.4 is 4.74 Å². The van der Waals surface area contributed by atoms with Gasteiger partial charge >= 0.3 is 0 Å². The van der Waals surface area contributed by atoms with E-state index >= 15 is 0 Å². The summed E-state index contributed by atoms with van der Waals surface area (Å²) in [6.07, 6.45) is 4.79. The number of benzene rings is 1. The lowest BCUT2D eigenvalue weighted by atomic mass is 9.83. The van der Waals surface area contributed by atoms with Gasteiger partial charge in [0.25, 0.3) is 0 Å². The molecule has 1 aromatic rings. The summed E-state index contributed by atoms with van der Waals surface area (Å²) in [7, 11) is 1.71. The highest BCUT2D eigenvalue weighted by atomic mass is 79.9. The van der Waals surface area contributed by atoms with Gasteiger partial charge in [0, 0.05) is 18.1 Å². The maximum atomic E-state index is 9.46. The first-order valence-corrected chi connectivity index (χ1v) is 7.39. The Balaban J connectivity index is 2.68. The molecule has 0 heterocycles. The zero-order valence-corrected chi connectivity index (χ0v) is 12.9. The summed E-state index contributed by atoms with van der Waals surface area (Å²) in [5.74, 6) is 1.03. The maximum absolute atomic E-state index is 9.46. The van der Waals surface area contributed by atoms with Gasteiger partial charge in [-0.2, -0.15) is 0 Å². The third kappa shape index (κ3) is 2.19. The number of methoxy groups -OCH3 is 1. The SMILES string of the molecule is COc1c(Br)c2c(c(C)c1C(C)CO)CCCC2. The van der Waals surface area contributed by atoms with E-state index in [4.69, 9.17) is 4.74 Å². The van der Waals surface area contributed by atoms with Gasteiger partial charge in [0.1, 0.15) is 5.75 Å². The number of hydrogen-bond acceptors (Lipinski definition) is 2. The molecule has 1 aromatic carbocycles. The summed E-state index contributed by atoms with van der Waals surface area (Å²) in [5.41, 5.74) is 5.34. The molecule has 100 valence electrons. The summed E-state index contributed by atoms with van der Waals surface area (Å²) < 4.78 is 6.69. The Morgan fingerprint density at radius 2 is 1.89 bits per heavy atom. The summed E-state index contributed by atoms with van der Waals surface area (Å²) >= 11 is 3.70. The molecule has 0 fully saturated rings. The fourth-order valence-electron chi connectivity index (χ4n) is 3.03. The van der Waals surface area contributed by atoms with Crippen molar-refractivity contribution in [3.63, 3.8) is 0 Å². The fourth-order valence-corrected chi connectivity index (χ4v) is 3.85. The second-order valence-corrected chi connectivity index (χ2v) is 5.93. The van der Waals surface area contributed by atoms with Crippen molar-refractivity contribution in [3.8, 4) is 5.75 Å². The van der Waals surface area contributed by atoms with E-state index in [0.717, 1.165) is 28.6 Å². The van der Waals surface area contributed by atoms with Gasteiger partial charge in [-0.25, -0.2) is 0 Å². The summed E-state index contributed by atoms with van der Waals surface area (Å²) in [6, 6.07) is 0. The highest BCUT2D eigenvalue weighted by molar-refractivity contribution is 9.10. The zero-order valence-electron chi connectivity index (χ0n) is 11.3. The monoisotopic (exact) mass is 312 g/mol. The molecule has 2 rings (SSSR count). The van der Waals surface area contributed by atoms with Crippen LogP contribution in [-0.2, 0) is 12.8 Å². The van der Waals surface area contributed by atoms with Crippen molar-refractivity contribution in [2.75, 3.05) is 13.7 Å². The smallest absolute Gasteiger partial charge is 0.137 e. The van der Waals surface area contributed by atoms with Crippen molar-refractivity contribution in [2.45, 2.75) is 45.4 Å². The number of rotatable bonds is 3. The Morgan fingerprint density at radius 3 is 2.44 bits per heavy atom. The highest BCUT2D eigenvalue weighted by Gasteiger charge is 2.25. The minimum absolute atomic E-state index is 0.114. The van der Waals surface area contributed by atoms with Crippen LogP contribution in [0.1, 0.15) is 47.9 Å². The van der Waals surface area contributed by atoms with E-state index in [0.29, 0.717) is 0 Å². The van der Waals surface area contributed by atoms with Crippen molar-refractivity contribution in [2.24, 2.45) is 0 Å². The second kappa shape index (κ2) is 5.62. The molecule has 2 nitrogen and oxygen atoms in total. The maximum Gasteiger partial charge on any atom is 0.137 e. The Kier molecular flexibility index (Phi) is 4.33. The van der Waals surface area contributed by atoms with Crippen LogP contribution in [0, 0.1) is 6.92 Å². The quantitative estimate of drug-likeness (QED) is 0.921. The minimum atomic E-state index is 0.114. The van der Waals surface area contributed by atoms with Crippen LogP contribution in [0.2, 0.25) is 0 Å². The number of ether oxygens (including phenoxy) is 1. The number of hydrogen-bond donors (Lipinski definition) is 1. The molecule has 1 N–H and O–H groups in total. The number of fused-ring (bicyclic) bond motifs is 1. The molecule has 0 radical (unpaired) electrons. The molecule has 0 aliphatic heterocycles. The number of aliphatic hydroxyl groups is 1. The predicted octanol–water partition coefficient (Wildman–Crippen LogP) is 3.74. The van der Waals surface area contributed by atoms with E-state index < -0.39 is 0 Å². The molecular formula is C15H21BrO2. The molecule has 3 heteroatoms. The van der Waals surface area contributed by atoms with Gasteiger partial charge in [-0.15, -0.1) is 0 Å². The van der Waals surface area contributed by atoms with Crippen LogP contribution in [0.25, 0.3) is 0 Å². The fraction of sp³-hybridized carbons (Fsp3) is 0.600. The summed E-state index contributed by atoms with van der Waals surface area (Å²) in [4.78, 5) is 0. The van der Waals surface area contributed by atoms with Crippen molar-refractivity contribution in [3.05, 3.63) is 26.7 Å². The molecule has 18 heavy (non-hydrogen) atoms. The van der Waals surface area contributed by atoms with Crippen LogP contribution in [0.15, 0.2) is 4.47 Å². The topological polar surface area (TPSA) is 29.5 Å². The molecule has 0 saturated heterocycles. The van der Waals surface area contributed by atoms with Crippen molar-refractivity contribution < 1.29 is 9.84 Å². The van der Waals surface area contributed by atoms with Crippen LogP contribution in [-0.4, -0.2) is 18.8 Å². The van der Waals surface area contributed by atoms with E-state index in [9.17, 15) is 5.11 Å². The lowest BCUT2D eigenvalue weighted by Gasteiger charge is -2.27. The van der Waals surface area contributed by atoms with Crippen LogP contribution in [0.5, 0.6) is 5.75 Å². The molecular weight excluding hydrogens is 292 g/mol. The molecule has 1 aliphatic carbocycles. The largest absolute Gasteiger partial charge is 0.495 e. The molecule has 0 spiro atoms. The average molecular weight is 313 g/mol. The molecule has 0 saturated carbocycles. The van der Waals surface area contributed by atoms with Gasteiger partial charge in [-0.3, -0.25) is 0 Å². The van der Waals surface area contributed by atoms with Crippen molar-refractivity contribution in [1.82, 2.24) is 0 Å². The molecule has 0 aromatic heterocycles. The van der Waals surface area contributed by atoms with Crippen LogP contribution >= 0.6 is 15.9 Å². The van der Waals surface area contributed by atoms with Gasteiger partial charge < -0.3 is 9.84 Å².